The molecule has 0 spiro atoms. The molecule has 1 heterocycles. The maximum Gasteiger partial charge on any atom is 0.0640 e. The molecule has 10 rings (SSSR count). The van der Waals surface area contributed by atoms with Gasteiger partial charge in [0.15, 0.2) is 0 Å². The van der Waals surface area contributed by atoms with E-state index in [9.17, 15) is 0 Å². The summed E-state index contributed by atoms with van der Waals surface area (Å²) in [5.74, 6) is 0. The number of fused-ring (bicyclic) bond motifs is 4. The van der Waals surface area contributed by atoms with Gasteiger partial charge in [-0.3, -0.25) is 0 Å². The van der Waals surface area contributed by atoms with Crippen molar-refractivity contribution in [3.05, 3.63) is 212 Å². The second kappa shape index (κ2) is 13.7. The van der Waals surface area contributed by atoms with Crippen LogP contribution in [0.1, 0.15) is 0 Å². The smallest absolute Gasteiger partial charge is 0.0640 e. The van der Waals surface area contributed by atoms with E-state index >= 15 is 0 Å². The first kappa shape index (κ1) is 32.0. The Morgan fingerprint density at radius 2 is 0.759 bits per heavy atom. The molecular weight excluding hydrogens is 671 g/mol. The molecular formula is C52H35NS. The number of anilines is 3. The summed E-state index contributed by atoms with van der Waals surface area (Å²) in [6, 6.07) is 77.1. The van der Waals surface area contributed by atoms with E-state index in [2.05, 4.69) is 217 Å². The van der Waals surface area contributed by atoms with Gasteiger partial charge in [-0.1, -0.05) is 176 Å². The molecule has 0 aliphatic heterocycles. The summed E-state index contributed by atoms with van der Waals surface area (Å²) in [5, 5.41) is 5.09. The van der Waals surface area contributed by atoms with Gasteiger partial charge in [-0.2, -0.15) is 0 Å². The molecule has 1 aromatic heterocycles. The largest absolute Gasteiger partial charge is 0.309 e. The fraction of sp³-hybridized carbons (Fsp3) is 0. The van der Waals surface area contributed by atoms with E-state index in [0.717, 1.165) is 11.4 Å². The van der Waals surface area contributed by atoms with E-state index in [1.807, 2.05) is 11.3 Å². The lowest BCUT2D eigenvalue weighted by Gasteiger charge is -2.27. The molecule has 2 heteroatoms. The molecule has 0 saturated heterocycles. The monoisotopic (exact) mass is 705 g/mol. The highest BCUT2D eigenvalue weighted by molar-refractivity contribution is 7.26. The molecule has 0 amide bonds. The van der Waals surface area contributed by atoms with Gasteiger partial charge in [-0.05, 0) is 91.7 Å². The Labute approximate surface area is 319 Å². The summed E-state index contributed by atoms with van der Waals surface area (Å²) in [5.41, 5.74) is 13.1. The number of thiophene rings is 1. The molecule has 0 bridgehead atoms. The van der Waals surface area contributed by atoms with Crippen LogP contribution < -0.4 is 4.90 Å². The first-order valence-electron chi connectivity index (χ1n) is 18.4. The van der Waals surface area contributed by atoms with Gasteiger partial charge in [0.05, 0.1) is 10.4 Å². The van der Waals surface area contributed by atoms with Crippen LogP contribution in [0.4, 0.5) is 17.1 Å². The third-order valence-electron chi connectivity index (χ3n) is 10.5. The van der Waals surface area contributed by atoms with Gasteiger partial charge >= 0.3 is 0 Å². The summed E-state index contributed by atoms with van der Waals surface area (Å²) in [4.78, 5) is 2.44. The van der Waals surface area contributed by atoms with E-state index in [0.29, 0.717) is 0 Å². The SMILES string of the molecule is c1ccc(-c2ccc(N(c3ccc(-c4ccc(-c5ccccc5)c5ccccc45)cc3)c3cccc4c3sc3ccccc34)cc2-c2ccccc2)cc1. The predicted molar refractivity (Wildman–Crippen MR) is 233 cm³/mol. The normalized spacial score (nSPS) is 11.3. The number of hydrogen-bond donors (Lipinski definition) is 0. The minimum atomic E-state index is 1.11. The van der Waals surface area contributed by atoms with E-state index < -0.39 is 0 Å². The fourth-order valence-electron chi connectivity index (χ4n) is 7.94. The molecule has 10 aromatic rings. The zero-order valence-corrected chi connectivity index (χ0v) is 30.4. The van der Waals surface area contributed by atoms with Gasteiger partial charge in [-0.25, -0.2) is 0 Å². The number of nitrogens with zero attached hydrogens (tertiary/aromatic N) is 1. The number of benzene rings is 9. The number of rotatable bonds is 7. The van der Waals surface area contributed by atoms with Crippen molar-refractivity contribution in [3.63, 3.8) is 0 Å². The molecule has 0 aliphatic carbocycles. The van der Waals surface area contributed by atoms with Crippen LogP contribution in [0.5, 0.6) is 0 Å². The minimum Gasteiger partial charge on any atom is -0.309 e. The summed E-state index contributed by atoms with van der Waals surface area (Å²) in [7, 11) is 0. The second-order valence-corrected chi connectivity index (χ2v) is 14.7. The minimum absolute atomic E-state index is 1.11. The van der Waals surface area contributed by atoms with Crippen LogP contribution in [0.15, 0.2) is 212 Å². The Hall–Kier alpha value is -6.74. The zero-order chi connectivity index (χ0) is 35.8. The quantitative estimate of drug-likeness (QED) is 0.160. The van der Waals surface area contributed by atoms with Gasteiger partial charge in [0.2, 0.25) is 0 Å². The maximum absolute atomic E-state index is 2.44. The highest BCUT2D eigenvalue weighted by Gasteiger charge is 2.20. The van der Waals surface area contributed by atoms with Crippen LogP contribution in [-0.2, 0) is 0 Å². The molecule has 0 N–H and O–H groups in total. The van der Waals surface area contributed by atoms with Crippen molar-refractivity contribution in [2.24, 2.45) is 0 Å². The average molecular weight is 706 g/mol. The molecule has 1 nitrogen and oxygen atoms in total. The van der Waals surface area contributed by atoms with Crippen LogP contribution >= 0.6 is 11.3 Å². The van der Waals surface area contributed by atoms with Gasteiger partial charge < -0.3 is 4.90 Å². The van der Waals surface area contributed by atoms with Crippen molar-refractivity contribution in [1.29, 1.82) is 0 Å². The van der Waals surface area contributed by atoms with Gasteiger partial charge in [0.1, 0.15) is 0 Å². The molecule has 254 valence electrons. The Morgan fingerprint density at radius 3 is 1.39 bits per heavy atom. The van der Waals surface area contributed by atoms with Crippen LogP contribution in [0.3, 0.4) is 0 Å². The lowest BCUT2D eigenvalue weighted by atomic mass is 9.92. The van der Waals surface area contributed by atoms with Gasteiger partial charge in [-0.15, -0.1) is 11.3 Å². The Kier molecular flexibility index (Phi) is 8.09. The summed E-state index contributed by atoms with van der Waals surface area (Å²) in [6.07, 6.45) is 0. The highest BCUT2D eigenvalue weighted by Crippen LogP contribution is 2.47. The molecule has 0 fully saturated rings. The summed E-state index contributed by atoms with van der Waals surface area (Å²) in [6.45, 7) is 0. The standard InChI is InChI=1S/C52H35NS/c1-4-15-36(16-5-1)42-33-34-43(46-22-11-10-21-45(42)46)39-27-29-40(30-28-39)53(50-25-14-24-48-47-23-12-13-26-51(47)54-52(48)50)41-31-32-44(37-17-6-2-7-18-37)49(35-41)38-19-8-3-9-20-38/h1-35H. The van der Waals surface area contributed by atoms with Gasteiger partial charge in [0.25, 0.3) is 0 Å². The maximum atomic E-state index is 2.44. The molecule has 9 aromatic carbocycles. The lowest BCUT2D eigenvalue weighted by molar-refractivity contribution is 1.30. The third-order valence-corrected chi connectivity index (χ3v) is 11.7. The Morgan fingerprint density at radius 1 is 0.296 bits per heavy atom. The number of hydrogen-bond acceptors (Lipinski definition) is 2. The molecule has 0 saturated carbocycles. The Balaban J connectivity index is 1.15. The van der Waals surface area contributed by atoms with Crippen LogP contribution in [-0.4, -0.2) is 0 Å². The predicted octanol–water partition coefficient (Wildman–Crippen LogP) is 15.3. The molecule has 0 radical (unpaired) electrons. The van der Waals surface area contributed by atoms with E-state index in [1.165, 1.54) is 81.1 Å². The van der Waals surface area contributed by atoms with Crippen LogP contribution in [0.2, 0.25) is 0 Å². The van der Waals surface area contributed by atoms with Crippen molar-refractivity contribution >= 4 is 59.3 Å². The highest BCUT2D eigenvalue weighted by atomic mass is 32.1. The molecule has 0 atom stereocenters. The van der Waals surface area contributed by atoms with Crippen molar-refractivity contribution in [2.45, 2.75) is 0 Å². The van der Waals surface area contributed by atoms with Crippen molar-refractivity contribution in [1.82, 2.24) is 0 Å². The van der Waals surface area contributed by atoms with Gasteiger partial charge in [0, 0.05) is 26.8 Å². The zero-order valence-electron chi connectivity index (χ0n) is 29.6. The third kappa shape index (κ3) is 5.65. The lowest BCUT2D eigenvalue weighted by Crippen LogP contribution is -2.10. The molecule has 54 heavy (non-hydrogen) atoms. The van der Waals surface area contributed by atoms with Crippen LogP contribution in [0, 0.1) is 0 Å². The molecule has 0 unspecified atom stereocenters. The average Bonchev–Trinajstić information content (AvgIpc) is 3.64. The summed E-state index contributed by atoms with van der Waals surface area (Å²) >= 11 is 1.87. The first-order chi connectivity index (χ1) is 26.8. The second-order valence-electron chi connectivity index (χ2n) is 13.7. The Bertz CT molecular complexity index is 2910. The van der Waals surface area contributed by atoms with Crippen molar-refractivity contribution in [2.75, 3.05) is 4.90 Å². The van der Waals surface area contributed by atoms with Crippen LogP contribution in [0.25, 0.3) is 75.5 Å². The van der Waals surface area contributed by atoms with E-state index in [-0.39, 0.29) is 0 Å². The van der Waals surface area contributed by atoms with E-state index in [4.69, 9.17) is 0 Å². The summed E-state index contributed by atoms with van der Waals surface area (Å²) < 4.78 is 2.57. The molecule has 0 aliphatic rings. The van der Waals surface area contributed by atoms with Crippen molar-refractivity contribution < 1.29 is 0 Å². The topological polar surface area (TPSA) is 3.24 Å². The first-order valence-corrected chi connectivity index (χ1v) is 19.2. The van der Waals surface area contributed by atoms with E-state index in [1.54, 1.807) is 0 Å². The fourth-order valence-corrected chi connectivity index (χ4v) is 9.15. The van der Waals surface area contributed by atoms with Crippen molar-refractivity contribution in [3.8, 4) is 44.5 Å².